The minimum absolute atomic E-state index is 0. The van der Waals surface area contributed by atoms with Crippen LogP contribution in [0.25, 0.3) is 21.3 Å². The van der Waals surface area contributed by atoms with E-state index in [1.807, 2.05) is 48.5 Å². The molecule has 0 spiro atoms. The van der Waals surface area contributed by atoms with E-state index in [1.54, 1.807) is 5.38 Å². The number of aliphatic imine (C=N–C) groups is 1. The Morgan fingerprint density at radius 2 is 1.82 bits per heavy atom. The van der Waals surface area contributed by atoms with E-state index in [1.165, 1.54) is 22.7 Å². The number of amides is 1. The Morgan fingerprint density at radius 1 is 1.04 bits per heavy atom. The second-order valence-electron chi connectivity index (χ2n) is 5.57. The van der Waals surface area contributed by atoms with Crippen LogP contribution < -0.4 is 16.8 Å². The number of nitrogens with one attached hydrogen (secondary N) is 1. The third-order valence-corrected chi connectivity index (χ3v) is 5.35. The molecule has 5 N–H and O–H groups in total. The second-order valence-corrected chi connectivity index (χ2v) is 7.44. The van der Waals surface area contributed by atoms with Gasteiger partial charge in [-0.3, -0.25) is 10.1 Å². The Bertz CT molecular complexity index is 1150. The fourth-order valence-corrected chi connectivity index (χ4v) is 4.01. The van der Waals surface area contributed by atoms with Crippen molar-refractivity contribution in [1.82, 2.24) is 9.97 Å². The van der Waals surface area contributed by atoms with Crippen molar-refractivity contribution in [2.24, 2.45) is 16.5 Å². The zero-order chi connectivity index (χ0) is 18.8. The highest BCUT2D eigenvalue weighted by atomic mass is 35.5. The van der Waals surface area contributed by atoms with Crippen LogP contribution >= 0.6 is 35.1 Å². The molecule has 142 valence electrons. The number of thiazole rings is 2. The fraction of sp³-hybridized carbons (Fsp3) is 0. The predicted octanol–water partition coefficient (Wildman–Crippen LogP) is 4.00. The molecular weight excluding hydrogens is 416 g/mol. The number of rotatable bonds is 4. The third-order valence-electron chi connectivity index (χ3n) is 3.66. The fourth-order valence-electron chi connectivity index (χ4n) is 2.48. The molecule has 4 aromatic rings. The topological polar surface area (TPSA) is 119 Å². The number of anilines is 1. The maximum atomic E-state index is 12.4. The summed E-state index contributed by atoms with van der Waals surface area (Å²) in [7, 11) is 0. The van der Waals surface area contributed by atoms with Crippen molar-refractivity contribution < 1.29 is 4.79 Å². The number of aromatic nitrogens is 2. The minimum Gasteiger partial charge on any atom is -0.370 e. The number of hydrogen-bond donors (Lipinski definition) is 3. The Labute approximate surface area is 174 Å². The number of hydrogen-bond acceptors (Lipinski definition) is 6. The number of guanidine groups is 1. The van der Waals surface area contributed by atoms with Gasteiger partial charge in [-0.1, -0.05) is 47.7 Å². The maximum Gasteiger partial charge on any atom is 0.276 e. The first kappa shape index (κ1) is 19.7. The van der Waals surface area contributed by atoms with Gasteiger partial charge in [-0.05, 0) is 23.3 Å². The van der Waals surface area contributed by atoms with E-state index in [0.717, 1.165) is 21.3 Å². The molecule has 10 heteroatoms. The molecule has 0 radical (unpaired) electrons. The zero-order valence-electron chi connectivity index (χ0n) is 14.3. The van der Waals surface area contributed by atoms with Gasteiger partial charge in [0.25, 0.3) is 5.91 Å². The largest absolute Gasteiger partial charge is 0.370 e. The molecule has 2 aromatic heterocycles. The van der Waals surface area contributed by atoms with Gasteiger partial charge in [0.1, 0.15) is 5.69 Å². The van der Waals surface area contributed by atoms with Crippen LogP contribution in [0.15, 0.2) is 58.9 Å². The van der Waals surface area contributed by atoms with Crippen molar-refractivity contribution in [3.63, 3.8) is 0 Å². The van der Waals surface area contributed by atoms with Gasteiger partial charge in [-0.25, -0.2) is 9.97 Å². The summed E-state index contributed by atoms with van der Waals surface area (Å²) in [5.74, 6) is -0.456. The van der Waals surface area contributed by atoms with Gasteiger partial charge in [-0.15, -0.1) is 23.7 Å². The molecule has 0 unspecified atom stereocenters. The van der Waals surface area contributed by atoms with Crippen molar-refractivity contribution in [1.29, 1.82) is 0 Å². The Balaban J connectivity index is 0.00000225. The highest BCUT2D eigenvalue weighted by molar-refractivity contribution is 7.22. The first-order valence-electron chi connectivity index (χ1n) is 7.91. The summed E-state index contributed by atoms with van der Waals surface area (Å²) in [6.07, 6.45) is 0. The van der Waals surface area contributed by atoms with Gasteiger partial charge >= 0.3 is 0 Å². The molecule has 2 aromatic carbocycles. The van der Waals surface area contributed by atoms with Crippen molar-refractivity contribution >= 4 is 67.4 Å². The molecule has 0 atom stereocenters. The number of nitrogens with zero attached hydrogens (tertiary/aromatic N) is 3. The lowest BCUT2D eigenvalue weighted by atomic mass is 10.1. The Morgan fingerprint density at radius 3 is 2.57 bits per heavy atom. The van der Waals surface area contributed by atoms with Crippen molar-refractivity contribution in [2.45, 2.75) is 0 Å². The standard InChI is InChI=1S/C18H14N6OS2.ClH/c19-16(20)24-17-22-13(9-26-17)15(25)23-18-21-12-8-11(6-7-14(12)27-18)10-4-2-1-3-5-10;/h1-9H,(H,21,23,25)(H4,19,20,22,24);1H. The highest BCUT2D eigenvalue weighted by Gasteiger charge is 2.14. The van der Waals surface area contributed by atoms with Crippen LogP contribution in [0, 0.1) is 0 Å². The molecule has 0 saturated heterocycles. The summed E-state index contributed by atoms with van der Waals surface area (Å²) < 4.78 is 0.990. The first-order valence-corrected chi connectivity index (χ1v) is 9.60. The van der Waals surface area contributed by atoms with Crippen LogP contribution in [-0.2, 0) is 0 Å². The van der Waals surface area contributed by atoms with E-state index in [0.29, 0.717) is 10.3 Å². The molecule has 0 bridgehead atoms. The Hall–Kier alpha value is -3.01. The van der Waals surface area contributed by atoms with Crippen molar-refractivity contribution in [2.75, 3.05) is 5.32 Å². The van der Waals surface area contributed by atoms with Crippen LogP contribution in [0.3, 0.4) is 0 Å². The number of halogens is 1. The smallest absolute Gasteiger partial charge is 0.276 e. The van der Waals surface area contributed by atoms with Crippen LogP contribution in [0.5, 0.6) is 0 Å². The lowest BCUT2D eigenvalue weighted by Crippen LogP contribution is -2.21. The van der Waals surface area contributed by atoms with Crippen LogP contribution in [0.1, 0.15) is 10.5 Å². The number of carbonyl (C=O) groups is 1. The third kappa shape index (κ3) is 4.28. The summed E-state index contributed by atoms with van der Waals surface area (Å²) in [4.78, 5) is 24.8. The minimum atomic E-state index is -0.356. The van der Waals surface area contributed by atoms with E-state index in [4.69, 9.17) is 11.5 Å². The summed E-state index contributed by atoms with van der Waals surface area (Å²) in [5.41, 5.74) is 13.9. The number of benzene rings is 2. The molecule has 0 aliphatic heterocycles. The molecule has 1 amide bonds. The summed E-state index contributed by atoms with van der Waals surface area (Å²) >= 11 is 2.59. The average molecular weight is 431 g/mol. The van der Waals surface area contributed by atoms with Gasteiger partial charge < -0.3 is 11.5 Å². The molecular formula is C18H15ClN6OS2. The summed E-state index contributed by atoms with van der Waals surface area (Å²) in [6.45, 7) is 0. The molecule has 28 heavy (non-hydrogen) atoms. The van der Waals surface area contributed by atoms with E-state index >= 15 is 0 Å². The van der Waals surface area contributed by atoms with Gasteiger partial charge in [0.2, 0.25) is 5.13 Å². The first-order chi connectivity index (χ1) is 13.1. The van der Waals surface area contributed by atoms with Crippen LogP contribution in [-0.4, -0.2) is 21.8 Å². The monoisotopic (exact) mass is 430 g/mol. The van der Waals surface area contributed by atoms with Crippen molar-refractivity contribution in [3.8, 4) is 11.1 Å². The normalized spacial score (nSPS) is 10.3. The highest BCUT2D eigenvalue weighted by Crippen LogP contribution is 2.30. The number of fused-ring (bicyclic) bond motifs is 1. The Kier molecular flexibility index (Phi) is 5.88. The molecule has 0 aliphatic rings. The summed E-state index contributed by atoms with van der Waals surface area (Å²) in [5, 5.41) is 5.21. The van der Waals surface area contributed by atoms with Gasteiger partial charge in [0.05, 0.1) is 10.2 Å². The molecule has 7 nitrogen and oxygen atoms in total. The predicted molar refractivity (Wildman–Crippen MR) is 118 cm³/mol. The van der Waals surface area contributed by atoms with Crippen LogP contribution in [0.4, 0.5) is 10.3 Å². The number of carbonyl (C=O) groups excluding carboxylic acids is 1. The number of nitrogens with two attached hydrogens (primary N) is 2. The van der Waals surface area contributed by atoms with Crippen LogP contribution in [0.2, 0.25) is 0 Å². The molecule has 0 saturated carbocycles. The summed E-state index contributed by atoms with van der Waals surface area (Å²) in [6, 6.07) is 16.1. The molecule has 0 aliphatic carbocycles. The van der Waals surface area contributed by atoms with E-state index in [-0.39, 0.29) is 30.0 Å². The van der Waals surface area contributed by atoms with E-state index < -0.39 is 0 Å². The quantitative estimate of drug-likeness (QED) is 0.334. The molecule has 2 heterocycles. The lowest BCUT2D eigenvalue weighted by molar-refractivity contribution is 0.102. The maximum absolute atomic E-state index is 12.4. The SMILES string of the molecule is Cl.NC(N)=Nc1nc(C(=O)Nc2nc3cc(-c4ccccc4)ccc3s2)cs1. The molecule has 0 fully saturated rings. The average Bonchev–Trinajstić information content (AvgIpc) is 3.27. The van der Waals surface area contributed by atoms with Gasteiger partial charge in [0.15, 0.2) is 11.1 Å². The van der Waals surface area contributed by atoms with Gasteiger partial charge in [0, 0.05) is 5.38 Å². The van der Waals surface area contributed by atoms with E-state index in [9.17, 15) is 4.79 Å². The lowest BCUT2D eigenvalue weighted by Gasteiger charge is -2.00. The van der Waals surface area contributed by atoms with Gasteiger partial charge in [-0.2, -0.15) is 4.99 Å². The molecule has 4 rings (SSSR count). The van der Waals surface area contributed by atoms with E-state index in [2.05, 4.69) is 20.3 Å². The van der Waals surface area contributed by atoms with Crippen molar-refractivity contribution in [3.05, 3.63) is 59.6 Å². The zero-order valence-corrected chi connectivity index (χ0v) is 16.8. The second kappa shape index (κ2) is 8.34.